The number of benzene rings is 1. The summed E-state index contributed by atoms with van der Waals surface area (Å²) in [6.07, 6.45) is 5.77. The number of nitrogens with zero attached hydrogens (tertiary/aromatic N) is 4. The summed E-state index contributed by atoms with van der Waals surface area (Å²) in [5.41, 5.74) is -1.24. The van der Waals surface area contributed by atoms with Gasteiger partial charge in [0.25, 0.3) is 0 Å². The van der Waals surface area contributed by atoms with Crippen molar-refractivity contribution in [2.24, 2.45) is 0 Å². The van der Waals surface area contributed by atoms with E-state index in [2.05, 4.69) is 18.1 Å². The highest BCUT2D eigenvalue weighted by atomic mass is 35.5. The van der Waals surface area contributed by atoms with E-state index in [1.807, 2.05) is 6.07 Å². The molecule has 4 rings (SSSR count). The number of allylic oxidation sites excluding steroid dienone is 4. The molecule has 3 heterocycles. The fourth-order valence-electron chi connectivity index (χ4n) is 3.44. The molecule has 158 valence electrons. The minimum Gasteiger partial charge on any atom is -0.449 e. The molecule has 1 aromatic carbocycles. The lowest BCUT2D eigenvalue weighted by atomic mass is 10.1. The second-order valence-electron chi connectivity index (χ2n) is 6.74. The molecule has 4 aromatic rings. The smallest absolute Gasteiger partial charge is 0.337 e. The molecule has 0 atom stereocenters. The summed E-state index contributed by atoms with van der Waals surface area (Å²) in [7, 11) is 0. The number of halogens is 2. The Kier molecular flexibility index (Phi) is 5.34. The lowest BCUT2D eigenvalue weighted by molar-refractivity contribution is 0.587. The van der Waals surface area contributed by atoms with Gasteiger partial charge in [0.15, 0.2) is 0 Å². The van der Waals surface area contributed by atoms with E-state index in [0.717, 1.165) is 9.13 Å². The zero-order valence-corrected chi connectivity index (χ0v) is 17.3. The molecule has 0 N–H and O–H groups in total. The first-order valence-corrected chi connectivity index (χ1v) is 9.63. The average Bonchev–Trinajstić information content (AvgIpc) is 3.20. The second-order valence-corrected chi connectivity index (χ2v) is 7.19. The molecule has 9 heteroatoms. The number of aromatic nitrogens is 3. The largest absolute Gasteiger partial charge is 0.449 e. The standard InChI is InChI=1S/C23H14ClFN4O3/c1-3-4-16(13(2)24)20-10-18-21(32-20)22(30)29(23(31)28(18)8-7-26)19-12-27-11-14-5-6-15(25)9-17(14)19/h3-6,9-12H,1-2,8H2/b16-4+. The zero-order valence-electron chi connectivity index (χ0n) is 16.5. The predicted octanol–water partition coefficient (Wildman–Crippen LogP) is 4.28. The molecule has 0 fully saturated rings. The highest BCUT2D eigenvalue weighted by Crippen LogP contribution is 2.29. The molecule has 0 saturated heterocycles. The third-order valence-corrected chi connectivity index (χ3v) is 5.04. The number of rotatable bonds is 5. The molecule has 0 unspecified atom stereocenters. The van der Waals surface area contributed by atoms with Crippen molar-refractivity contribution in [3.8, 4) is 11.8 Å². The monoisotopic (exact) mass is 448 g/mol. The first-order chi connectivity index (χ1) is 15.4. The molecule has 0 amide bonds. The maximum atomic E-state index is 13.9. The minimum atomic E-state index is -0.797. The van der Waals surface area contributed by atoms with Crippen molar-refractivity contribution in [3.63, 3.8) is 0 Å². The summed E-state index contributed by atoms with van der Waals surface area (Å²) in [5.74, 6) is -0.375. The normalized spacial score (nSPS) is 11.6. The topological polar surface area (TPSA) is 93.8 Å². The number of pyridine rings is 1. The van der Waals surface area contributed by atoms with Gasteiger partial charge in [-0.25, -0.2) is 13.8 Å². The molecular weight excluding hydrogens is 435 g/mol. The van der Waals surface area contributed by atoms with Crippen LogP contribution in [0.25, 0.3) is 33.1 Å². The lowest BCUT2D eigenvalue weighted by Gasteiger charge is -2.11. The van der Waals surface area contributed by atoms with E-state index in [-0.39, 0.29) is 34.1 Å². The third-order valence-electron chi connectivity index (χ3n) is 4.84. The first-order valence-electron chi connectivity index (χ1n) is 9.25. The van der Waals surface area contributed by atoms with E-state index in [1.165, 1.54) is 48.8 Å². The van der Waals surface area contributed by atoms with Crippen molar-refractivity contribution in [2.75, 3.05) is 0 Å². The Morgan fingerprint density at radius 3 is 2.78 bits per heavy atom. The maximum absolute atomic E-state index is 13.9. The van der Waals surface area contributed by atoms with Gasteiger partial charge in [0, 0.05) is 33.6 Å². The van der Waals surface area contributed by atoms with E-state index in [0.29, 0.717) is 16.3 Å². The van der Waals surface area contributed by atoms with Crippen LogP contribution in [0, 0.1) is 17.1 Å². The summed E-state index contributed by atoms with van der Waals surface area (Å²) in [4.78, 5) is 30.7. The number of hydrogen-bond donors (Lipinski definition) is 0. The fraction of sp³-hybridized carbons (Fsp3) is 0.0435. The van der Waals surface area contributed by atoms with Crippen molar-refractivity contribution in [3.05, 3.63) is 99.4 Å². The van der Waals surface area contributed by atoms with Crippen LogP contribution in [-0.2, 0) is 6.54 Å². The van der Waals surface area contributed by atoms with Crippen LogP contribution < -0.4 is 11.2 Å². The van der Waals surface area contributed by atoms with Crippen LogP contribution >= 0.6 is 11.6 Å². The summed E-state index contributed by atoms with van der Waals surface area (Å²) >= 11 is 6.05. The van der Waals surface area contributed by atoms with Crippen LogP contribution in [0.15, 0.2) is 81.0 Å². The van der Waals surface area contributed by atoms with Crippen LogP contribution in [0.2, 0.25) is 0 Å². The van der Waals surface area contributed by atoms with E-state index in [4.69, 9.17) is 16.0 Å². The number of nitriles is 1. The van der Waals surface area contributed by atoms with Gasteiger partial charge in [-0.15, -0.1) is 0 Å². The molecule has 32 heavy (non-hydrogen) atoms. The van der Waals surface area contributed by atoms with Crippen molar-refractivity contribution < 1.29 is 8.81 Å². The van der Waals surface area contributed by atoms with Crippen LogP contribution in [0.3, 0.4) is 0 Å². The first kappa shape index (κ1) is 21.0. The lowest BCUT2D eigenvalue weighted by Crippen LogP contribution is -2.38. The number of hydrogen-bond acceptors (Lipinski definition) is 5. The Hall–Kier alpha value is -4.22. The van der Waals surface area contributed by atoms with Gasteiger partial charge in [0.1, 0.15) is 18.1 Å². The molecule has 0 aliphatic carbocycles. The van der Waals surface area contributed by atoms with Crippen molar-refractivity contribution >= 4 is 39.0 Å². The minimum absolute atomic E-state index is 0.0622. The maximum Gasteiger partial charge on any atom is 0.337 e. The van der Waals surface area contributed by atoms with Gasteiger partial charge in [-0.2, -0.15) is 5.26 Å². The van der Waals surface area contributed by atoms with E-state index < -0.39 is 17.1 Å². The average molecular weight is 449 g/mol. The molecule has 3 aromatic heterocycles. The van der Waals surface area contributed by atoms with Crippen LogP contribution in [0.1, 0.15) is 5.76 Å². The highest BCUT2D eigenvalue weighted by Gasteiger charge is 2.22. The van der Waals surface area contributed by atoms with Crippen LogP contribution in [-0.4, -0.2) is 14.1 Å². The van der Waals surface area contributed by atoms with Gasteiger partial charge >= 0.3 is 11.2 Å². The van der Waals surface area contributed by atoms with Gasteiger partial charge in [0.2, 0.25) is 5.58 Å². The molecule has 7 nitrogen and oxygen atoms in total. The van der Waals surface area contributed by atoms with Crippen molar-refractivity contribution in [2.45, 2.75) is 6.54 Å². The van der Waals surface area contributed by atoms with Crippen molar-refractivity contribution in [1.29, 1.82) is 5.26 Å². The number of furan rings is 1. The van der Waals surface area contributed by atoms with E-state index in [9.17, 15) is 19.2 Å². The van der Waals surface area contributed by atoms with Gasteiger partial charge in [-0.1, -0.05) is 36.9 Å². The molecule has 0 saturated carbocycles. The van der Waals surface area contributed by atoms with E-state index >= 15 is 0 Å². The molecule has 0 spiro atoms. The zero-order chi connectivity index (χ0) is 23.0. The number of fused-ring (bicyclic) bond motifs is 2. The van der Waals surface area contributed by atoms with Gasteiger partial charge in [-0.05, 0) is 18.2 Å². The van der Waals surface area contributed by atoms with Crippen molar-refractivity contribution in [1.82, 2.24) is 14.1 Å². The SMILES string of the molecule is C=C/C=C(\C(=C)Cl)c1cc2c(o1)c(=O)n(-c1cncc3ccc(F)cc13)c(=O)n2CC#N. The second kappa shape index (κ2) is 8.13. The Morgan fingerprint density at radius 2 is 2.09 bits per heavy atom. The highest BCUT2D eigenvalue weighted by molar-refractivity contribution is 6.36. The van der Waals surface area contributed by atoms with E-state index in [1.54, 1.807) is 0 Å². The Morgan fingerprint density at radius 1 is 1.31 bits per heavy atom. The predicted molar refractivity (Wildman–Crippen MR) is 120 cm³/mol. The molecule has 0 aliphatic rings. The molecular formula is C23H14ClFN4O3. The summed E-state index contributed by atoms with van der Waals surface area (Å²) in [5, 5.41) is 10.2. The fourth-order valence-corrected chi connectivity index (χ4v) is 3.59. The van der Waals surface area contributed by atoms with Crippen LogP contribution in [0.4, 0.5) is 4.39 Å². The molecule has 0 bridgehead atoms. The Balaban J connectivity index is 2.14. The summed E-state index contributed by atoms with van der Waals surface area (Å²) in [6, 6.07) is 7.28. The Labute approximate surface area is 185 Å². The van der Waals surface area contributed by atoms with Gasteiger partial charge in [-0.3, -0.25) is 14.3 Å². The summed E-state index contributed by atoms with van der Waals surface area (Å²) < 4.78 is 21.6. The Bertz CT molecular complexity index is 1620. The molecule has 0 radical (unpaired) electrons. The van der Waals surface area contributed by atoms with Gasteiger partial charge in [0.05, 0.1) is 23.5 Å². The van der Waals surface area contributed by atoms with Crippen LogP contribution in [0.5, 0.6) is 0 Å². The molecule has 0 aliphatic heterocycles. The summed E-state index contributed by atoms with van der Waals surface area (Å²) in [6.45, 7) is 6.92. The van der Waals surface area contributed by atoms with Gasteiger partial charge < -0.3 is 4.42 Å². The third kappa shape index (κ3) is 3.35. The quantitative estimate of drug-likeness (QED) is 0.425.